The minimum Gasteiger partial charge on any atom is -0.494 e. The fourth-order valence-electron chi connectivity index (χ4n) is 3.88. The van der Waals surface area contributed by atoms with E-state index in [1.807, 2.05) is 60.7 Å². The lowest BCUT2D eigenvalue weighted by atomic mass is 9.99. The third-order valence-electron chi connectivity index (χ3n) is 5.85. The Balaban J connectivity index is 1.30. The third kappa shape index (κ3) is 4.46. The average molecular weight is 448 g/mol. The van der Waals surface area contributed by atoms with Crippen LogP contribution in [0.25, 0.3) is 33.3 Å². The van der Waals surface area contributed by atoms with Crippen molar-refractivity contribution in [2.45, 2.75) is 19.8 Å². The number of fused-ring (bicyclic) bond motifs is 1. The van der Waals surface area contributed by atoms with E-state index in [4.69, 9.17) is 4.74 Å². The van der Waals surface area contributed by atoms with E-state index in [2.05, 4.69) is 53.6 Å². The predicted molar refractivity (Wildman–Crippen MR) is 135 cm³/mol. The molecule has 0 unspecified atom stereocenters. The number of benzene rings is 4. The highest BCUT2D eigenvalue weighted by Crippen LogP contribution is 2.27. The first-order valence-corrected chi connectivity index (χ1v) is 11.5. The number of para-hydroxylation sites is 1. The van der Waals surface area contributed by atoms with Crippen LogP contribution < -0.4 is 4.74 Å². The smallest absolute Gasteiger partial charge is 0.280 e. The van der Waals surface area contributed by atoms with Crippen LogP contribution in [0.15, 0.2) is 97.1 Å². The summed E-state index contributed by atoms with van der Waals surface area (Å²) in [7, 11) is 0. The van der Waals surface area contributed by atoms with Crippen molar-refractivity contribution in [3.05, 3.63) is 103 Å². The van der Waals surface area contributed by atoms with Gasteiger partial charge in [0.1, 0.15) is 11.3 Å². The van der Waals surface area contributed by atoms with Crippen LogP contribution in [0.2, 0.25) is 0 Å². The fraction of sp³-hybridized carbons (Fsp3) is 0.138. The minimum absolute atomic E-state index is 0.197. The van der Waals surface area contributed by atoms with E-state index in [-0.39, 0.29) is 5.91 Å². The Kier molecular flexibility index (Phi) is 6.17. The second-order valence-electron chi connectivity index (χ2n) is 8.18. The Morgan fingerprint density at radius 2 is 1.32 bits per heavy atom. The van der Waals surface area contributed by atoms with Gasteiger partial charge in [-0.25, -0.2) is 0 Å². The van der Waals surface area contributed by atoms with Crippen molar-refractivity contribution in [1.29, 1.82) is 0 Å². The van der Waals surface area contributed by atoms with Crippen LogP contribution in [0.4, 0.5) is 0 Å². The summed E-state index contributed by atoms with van der Waals surface area (Å²) in [6.07, 6.45) is 2.19. The molecule has 34 heavy (non-hydrogen) atoms. The van der Waals surface area contributed by atoms with Gasteiger partial charge >= 0.3 is 0 Å². The van der Waals surface area contributed by atoms with Gasteiger partial charge in [-0.15, -0.1) is 5.10 Å². The first-order valence-electron chi connectivity index (χ1n) is 11.5. The van der Waals surface area contributed by atoms with Crippen LogP contribution in [-0.4, -0.2) is 27.5 Å². The van der Waals surface area contributed by atoms with Crippen LogP contribution in [-0.2, 0) is 0 Å². The molecule has 0 saturated carbocycles. The maximum atomic E-state index is 12.9. The van der Waals surface area contributed by atoms with Gasteiger partial charge in [0.2, 0.25) is 0 Å². The van der Waals surface area contributed by atoms with E-state index in [0.717, 1.165) is 47.5 Å². The summed E-state index contributed by atoms with van der Waals surface area (Å²) >= 11 is 0. The molecule has 0 amide bonds. The number of nitrogens with zero attached hydrogens (tertiary/aromatic N) is 3. The summed E-state index contributed by atoms with van der Waals surface area (Å²) in [5.74, 6) is 0.708. The quantitative estimate of drug-likeness (QED) is 0.263. The SMILES string of the molecule is CCCCOc1ccc(-c2ccc(-c3ccc(C(=O)n4nnc5ccccc54)cc3)cc2)cc1. The number of unbranched alkanes of at least 4 members (excludes halogenated alkanes) is 1. The van der Waals surface area contributed by atoms with Crippen molar-refractivity contribution < 1.29 is 9.53 Å². The van der Waals surface area contributed by atoms with Crippen molar-refractivity contribution in [3.63, 3.8) is 0 Å². The zero-order valence-electron chi connectivity index (χ0n) is 19.0. The summed E-state index contributed by atoms with van der Waals surface area (Å²) in [4.78, 5) is 12.9. The van der Waals surface area contributed by atoms with E-state index in [1.54, 1.807) is 0 Å². The molecule has 0 radical (unpaired) electrons. The Hall–Kier alpha value is -4.25. The van der Waals surface area contributed by atoms with Gasteiger partial charge in [-0.1, -0.05) is 79.2 Å². The summed E-state index contributed by atoms with van der Waals surface area (Å²) in [6.45, 7) is 2.91. The van der Waals surface area contributed by atoms with E-state index < -0.39 is 0 Å². The molecular weight excluding hydrogens is 422 g/mol. The van der Waals surface area contributed by atoms with E-state index >= 15 is 0 Å². The van der Waals surface area contributed by atoms with Crippen LogP contribution in [0.3, 0.4) is 0 Å². The molecule has 1 aromatic heterocycles. The van der Waals surface area contributed by atoms with Crippen LogP contribution in [0.1, 0.15) is 30.1 Å². The lowest BCUT2D eigenvalue weighted by Crippen LogP contribution is -2.13. The molecule has 0 saturated heterocycles. The monoisotopic (exact) mass is 447 g/mol. The normalized spacial score (nSPS) is 11.0. The molecule has 5 rings (SSSR count). The van der Waals surface area contributed by atoms with Crippen molar-refractivity contribution in [2.24, 2.45) is 0 Å². The highest BCUT2D eigenvalue weighted by Gasteiger charge is 2.14. The molecule has 0 aliphatic carbocycles. The Bertz CT molecular complexity index is 1400. The summed E-state index contributed by atoms with van der Waals surface area (Å²) in [5, 5.41) is 8.09. The third-order valence-corrected chi connectivity index (χ3v) is 5.85. The largest absolute Gasteiger partial charge is 0.494 e. The second-order valence-corrected chi connectivity index (χ2v) is 8.18. The van der Waals surface area contributed by atoms with Gasteiger partial charge in [0, 0.05) is 5.56 Å². The van der Waals surface area contributed by atoms with Gasteiger partial charge in [0.05, 0.1) is 12.1 Å². The standard InChI is InChI=1S/C29H25N3O2/c1-2-3-20-34-26-18-16-24(17-19-26)22-10-8-21(9-11-22)23-12-14-25(15-13-23)29(33)32-28-7-5-4-6-27(28)30-31-32/h4-19H,2-3,20H2,1H3. The summed E-state index contributed by atoms with van der Waals surface area (Å²) < 4.78 is 7.10. The molecule has 0 fully saturated rings. The first kappa shape index (κ1) is 21.6. The maximum absolute atomic E-state index is 12.9. The number of hydrogen-bond acceptors (Lipinski definition) is 4. The Morgan fingerprint density at radius 1 is 0.765 bits per heavy atom. The average Bonchev–Trinajstić information content (AvgIpc) is 3.33. The minimum atomic E-state index is -0.197. The maximum Gasteiger partial charge on any atom is 0.280 e. The summed E-state index contributed by atoms with van der Waals surface area (Å²) in [6, 6.07) is 31.7. The number of carbonyl (C=O) groups excluding carboxylic acids is 1. The molecule has 168 valence electrons. The predicted octanol–water partition coefficient (Wildman–Crippen LogP) is 6.63. The van der Waals surface area contributed by atoms with Crippen molar-refractivity contribution >= 4 is 16.9 Å². The molecule has 0 bridgehead atoms. The molecule has 0 aliphatic rings. The summed E-state index contributed by atoms with van der Waals surface area (Å²) in [5.41, 5.74) is 6.40. The Labute approximate surface area is 198 Å². The van der Waals surface area contributed by atoms with Gasteiger partial charge in [0.25, 0.3) is 5.91 Å². The van der Waals surface area contributed by atoms with Crippen molar-refractivity contribution in [1.82, 2.24) is 15.0 Å². The molecule has 0 N–H and O–H groups in total. The molecule has 4 aromatic carbocycles. The number of hydrogen-bond donors (Lipinski definition) is 0. The van der Waals surface area contributed by atoms with Crippen molar-refractivity contribution in [3.8, 4) is 28.0 Å². The lowest BCUT2D eigenvalue weighted by molar-refractivity contribution is 0.0948. The first-order chi connectivity index (χ1) is 16.7. The van der Waals surface area contributed by atoms with Gasteiger partial charge in [-0.2, -0.15) is 4.68 Å². The van der Waals surface area contributed by atoms with E-state index in [0.29, 0.717) is 16.6 Å². The molecule has 5 nitrogen and oxygen atoms in total. The molecule has 1 heterocycles. The van der Waals surface area contributed by atoms with Crippen LogP contribution in [0.5, 0.6) is 5.75 Å². The number of ether oxygens (including phenoxy) is 1. The van der Waals surface area contributed by atoms with E-state index in [9.17, 15) is 4.79 Å². The molecular formula is C29H25N3O2. The molecule has 5 heteroatoms. The Morgan fingerprint density at radius 3 is 1.94 bits per heavy atom. The topological polar surface area (TPSA) is 57.0 Å². The molecule has 0 atom stereocenters. The fourth-order valence-corrected chi connectivity index (χ4v) is 3.88. The number of rotatable bonds is 7. The van der Waals surface area contributed by atoms with E-state index in [1.165, 1.54) is 4.68 Å². The highest BCUT2D eigenvalue weighted by molar-refractivity contribution is 6.00. The van der Waals surface area contributed by atoms with Crippen molar-refractivity contribution in [2.75, 3.05) is 6.61 Å². The van der Waals surface area contributed by atoms with Crippen LogP contribution >= 0.6 is 0 Å². The highest BCUT2D eigenvalue weighted by atomic mass is 16.5. The van der Waals surface area contributed by atoms with Gasteiger partial charge in [0.15, 0.2) is 0 Å². The lowest BCUT2D eigenvalue weighted by Gasteiger charge is -2.08. The van der Waals surface area contributed by atoms with Gasteiger partial charge < -0.3 is 4.74 Å². The van der Waals surface area contributed by atoms with Gasteiger partial charge in [-0.05, 0) is 65.1 Å². The second kappa shape index (κ2) is 9.71. The zero-order valence-corrected chi connectivity index (χ0v) is 19.0. The zero-order chi connectivity index (χ0) is 23.3. The molecule has 0 spiro atoms. The van der Waals surface area contributed by atoms with Crippen LogP contribution in [0, 0.1) is 0 Å². The number of carbonyl (C=O) groups is 1. The number of aromatic nitrogens is 3. The molecule has 0 aliphatic heterocycles. The molecule has 5 aromatic rings. The van der Waals surface area contributed by atoms with Gasteiger partial charge in [-0.3, -0.25) is 4.79 Å².